The molecule has 0 aliphatic rings. The van der Waals surface area contributed by atoms with E-state index < -0.39 is 0 Å². The smallest absolute Gasteiger partial charge is 0.215 e. The molecule has 7 nitrogen and oxygen atoms in total. The van der Waals surface area contributed by atoms with Crippen molar-refractivity contribution in [2.75, 3.05) is 23.9 Å². The minimum atomic E-state index is 0.175. The Morgan fingerprint density at radius 2 is 2.00 bits per heavy atom. The van der Waals surface area contributed by atoms with E-state index in [1.165, 1.54) is 4.90 Å². The first-order chi connectivity index (χ1) is 13.6. The van der Waals surface area contributed by atoms with Gasteiger partial charge in [-0.15, -0.1) is 0 Å². The number of ether oxygens (including phenoxy) is 1. The van der Waals surface area contributed by atoms with Crippen molar-refractivity contribution in [3.05, 3.63) is 60.3 Å². The van der Waals surface area contributed by atoms with Crippen molar-refractivity contribution < 1.29 is 14.6 Å². The molecular weight excluding hydrogens is 356 g/mol. The highest BCUT2D eigenvalue weighted by atomic mass is 16.5. The van der Waals surface area contributed by atoms with E-state index in [-0.39, 0.29) is 5.75 Å². The number of aromatic hydroxyl groups is 1. The van der Waals surface area contributed by atoms with Gasteiger partial charge in [-0.1, -0.05) is 12.1 Å². The van der Waals surface area contributed by atoms with Gasteiger partial charge in [-0.25, -0.2) is 9.97 Å². The summed E-state index contributed by atoms with van der Waals surface area (Å²) in [5.74, 6) is 1.86. The van der Waals surface area contributed by atoms with E-state index in [9.17, 15) is 9.90 Å². The molecule has 0 spiro atoms. The normalized spacial score (nSPS) is 10.4. The fourth-order valence-electron chi connectivity index (χ4n) is 2.77. The summed E-state index contributed by atoms with van der Waals surface area (Å²) in [6.45, 7) is 2.92. The summed E-state index contributed by atoms with van der Waals surface area (Å²) < 4.78 is 5.26. The number of phenols is 1. The van der Waals surface area contributed by atoms with Gasteiger partial charge in [0, 0.05) is 12.1 Å². The number of anilines is 2. The van der Waals surface area contributed by atoms with E-state index in [1.807, 2.05) is 31.2 Å². The monoisotopic (exact) mass is 378 g/mol. The summed E-state index contributed by atoms with van der Waals surface area (Å²) in [4.78, 5) is 22.5. The zero-order valence-corrected chi connectivity index (χ0v) is 15.8. The molecule has 0 saturated heterocycles. The zero-order chi connectivity index (χ0) is 19.9. The largest absolute Gasteiger partial charge is 0.508 e. The Kier molecular flexibility index (Phi) is 6.06. The van der Waals surface area contributed by atoms with Crippen molar-refractivity contribution in [2.24, 2.45) is 0 Å². The number of methoxy groups -OCH3 is 1. The molecule has 0 saturated carbocycles. The van der Waals surface area contributed by atoms with Gasteiger partial charge < -0.3 is 15.2 Å². The molecule has 2 N–H and O–H groups in total. The van der Waals surface area contributed by atoms with Crippen LogP contribution in [0.1, 0.15) is 12.5 Å². The molecule has 0 fully saturated rings. The van der Waals surface area contributed by atoms with Gasteiger partial charge in [0.05, 0.1) is 25.5 Å². The van der Waals surface area contributed by atoms with Crippen LogP contribution in [0.4, 0.5) is 11.6 Å². The van der Waals surface area contributed by atoms with Gasteiger partial charge in [-0.05, 0) is 48.9 Å². The molecule has 0 aliphatic heterocycles. The average molecular weight is 378 g/mol. The second-order valence-corrected chi connectivity index (χ2v) is 6.09. The quantitative estimate of drug-likeness (QED) is 0.584. The third-order valence-electron chi connectivity index (χ3n) is 4.15. The standard InChI is InChI=1S/C21H22N4O3/c1-3-22-20-21(24-19(12-23-20)16-7-9-17(27)10-8-16)25(14-26)13-15-5-4-6-18(11-15)28-2/h4-12,14,27H,3,13H2,1-2H3,(H,22,23). The minimum absolute atomic E-state index is 0.175. The Morgan fingerprint density at radius 1 is 1.21 bits per heavy atom. The first-order valence-corrected chi connectivity index (χ1v) is 8.89. The van der Waals surface area contributed by atoms with E-state index >= 15 is 0 Å². The summed E-state index contributed by atoms with van der Waals surface area (Å²) in [5, 5.41) is 12.6. The van der Waals surface area contributed by atoms with Crippen LogP contribution in [0.2, 0.25) is 0 Å². The molecule has 0 aliphatic carbocycles. The van der Waals surface area contributed by atoms with Gasteiger partial charge in [0.1, 0.15) is 11.5 Å². The molecule has 28 heavy (non-hydrogen) atoms. The first-order valence-electron chi connectivity index (χ1n) is 8.89. The molecule has 0 radical (unpaired) electrons. The van der Waals surface area contributed by atoms with Crippen LogP contribution >= 0.6 is 0 Å². The number of hydrogen-bond acceptors (Lipinski definition) is 6. The lowest BCUT2D eigenvalue weighted by Gasteiger charge is -2.20. The lowest BCUT2D eigenvalue weighted by atomic mass is 10.1. The van der Waals surface area contributed by atoms with Crippen molar-refractivity contribution in [1.82, 2.24) is 9.97 Å². The highest BCUT2D eigenvalue weighted by molar-refractivity contribution is 5.80. The fraction of sp³-hybridized carbons (Fsp3) is 0.190. The van der Waals surface area contributed by atoms with Crippen LogP contribution < -0.4 is 15.0 Å². The Morgan fingerprint density at radius 3 is 2.68 bits per heavy atom. The molecule has 1 heterocycles. The molecule has 7 heteroatoms. The zero-order valence-electron chi connectivity index (χ0n) is 15.8. The second-order valence-electron chi connectivity index (χ2n) is 6.09. The maximum atomic E-state index is 11.9. The summed E-state index contributed by atoms with van der Waals surface area (Å²) in [6.07, 6.45) is 2.38. The van der Waals surface area contributed by atoms with Crippen LogP contribution in [0, 0.1) is 0 Å². The summed E-state index contributed by atoms with van der Waals surface area (Å²) in [5.41, 5.74) is 2.31. The van der Waals surface area contributed by atoms with E-state index in [1.54, 1.807) is 37.6 Å². The number of hydrogen-bond donors (Lipinski definition) is 2. The van der Waals surface area contributed by atoms with Crippen LogP contribution in [0.5, 0.6) is 11.5 Å². The number of aromatic nitrogens is 2. The molecule has 2 aromatic carbocycles. The van der Waals surface area contributed by atoms with Crippen molar-refractivity contribution in [1.29, 1.82) is 0 Å². The van der Waals surface area contributed by atoms with E-state index in [0.29, 0.717) is 30.4 Å². The maximum Gasteiger partial charge on any atom is 0.215 e. The van der Waals surface area contributed by atoms with Crippen LogP contribution in [-0.2, 0) is 11.3 Å². The highest BCUT2D eigenvalue weighted by Gasteiger charge is 2.16. The van der Waals surface area contributed by atoms with Crippen molar-refractivity contribution in [3.8, 4) is 22.8 Å². The Hall–Kier alpha value is -3.61. The van der Waals surface area contributed by atoms with E-state index in [2.05, 4.69) is 15.3 Å². The lowest BCUT2D eigenvalue weighted by molar-refractivity contribution is -0.107. The van der Waals surface area contributed by atoms with Gasteiger partial charge >= 0.3 is 0 Å². The van der Waals surface area contributed by atoms with Crippen molar-refractivity contribution >= 4 is 18.0 Å². The molecule has 3 aromatic rings. The second kappa shape index (κ2) is 8.85. The predicted molar refractivity (Wildman–Crippen MR) is 109 cm³/mol. The molecule has 144 valence electrons. The predicted octanol–water partition coefficient (Wildman–Crippen LogP) is 3.45. The number of carbonyl (C=O) groups is 1. The number of nitrogens with zero attached hydrogens (tertiary/aromatic N) is 3. The van der Waals surface area contributed by atoms with Crippen LogP contribution in [0.3, 0.4) is 0 Å². The molecule has 0 atom stereocenters. The lowest BCUT2D eigenvalue weighted by Crippen LogP contribution is -2.23. The van der Waals surface area contributed by atoms with Gasteiger partial charge in [0.15, 0.2) is 11.6 Å². The molecule has 0 unspecified atom stereocenters. The molecular formula is C21H22N4O3. The third kappa shape index (κ3) is 4.37. The van der Waals surface area contributed by atoms with Crippen molar-refractivity contribution in [2.45, 2.75) is 13.5 Å². The Labute approximate surface area is 163 Å². The summed E-state index contributed by atoms with van der Waals surface area (Å²) >= 11 is 0. The van der Waals surface area contributed by atoms with Gasteiger partial charge in [0.2, 0.25) is 6.41 Å². The van der Waals surface area contributed by atoms with Gasteiger partial charge in [-0.3, -0.25) is 9.69 Å². The topological polar surface area (TPSA) is 87.6 Å². The van der Waals surface area contributed by atoms with E-state index in [0.717, 1.165) is 23.3 Å². The van der Waals surface area contributed by atoms with Gasteiger partial charge in [-0.2, -0.15) is 0 Å². The van der Waals surface area contributed by atoms with Crippen LogP contribution in [0.15, 0.2) is 54.7 Å². The maximum absolute atomic E-state index is 11.9. The molecule has 1 amide bonds. The third-order valence-corrected chi connectivity index (χ3v) is 4.15. The van der Waals surface area contributed by atoms with Crippen LogP contribution in [0.25, 0.3) is 11.3 Å². The molecule has 0 bridgehead atoms. The molecule has 1 aromatic heterocycles. The number of carbonyl (C=O) groups excluding carboxylic acids is 1. The minimum Gasteiger partial charge on any atom is -0.508 e. The van der Waals surface area contributed by atoms with Gasteiger partial charge in [0.25, 0.3) is 0 Å². The highest BCUT2D eigenvalue weighted by Crippen LogP contribution is 2.27. The summed E-state index contributed by atoms with van der Waals surface area (Å²) in [6, 6.07) is 14.2. The molecule has 3 rings (SSSR count). The number of amides is 1. The fourth-order valence-corrected chi connectivity index (χ4v) is 2.77. The SMILES string of the molecule is CCNc1ncc(-c2ccc(O)cc2)nc1N(C=O)Cc1cccc(OC)c1. The van der Waals surface area contributed by atoms with E-state index in [4.69, 9.17) is 4.74 Å². The van der Waals surface area contributed by atoms with Crippen LogP contribution in [-0.4, -0.2) is 35.1 Å². The number of nitrogens with one attached hydrogen (secondary N) is 1. The Balaban J connectivity index is 1.98. The summed E-state index contributed by atoms with van der Waals surface area (Å²) in [7, 11) is 1.60. The average Bonchev–Trinajstić information content (AvgIpc) is 2.73. The number of benzene rings is 2. The van der Waals surface area contributed by atoms with Crippen molar-refractivity contribution in [3.63, 3.8) is 0 Å². The number of phenolic OH excluding ortho intramolecular Hbond substituents is 1. The number of rotatable bonds is 8. The Bertz CT molecular complexity index is 945. The first kappa shape index (κ1) is 19.2.